The number of aryl methyl sites for hydroxylation is 1. The van der Waals surface area contributed by atoms with Crippen molar-refractivity contribution in [1.29, 1.82) is 0 Å². The first kappa shape index (κ1) is 20.7. The molecular formula is C25H29N5O2. The highest BCUT2D eigenvalue weighted by atomic mass is 16.5. The van der Waals surface area contributed by atoms with Gasteiger partial charge < -0.3 is 14.7 Å². The van der Waals surface area contributed by atoms with E-state index in [9.17, 15) is 4.79 Å². The van der Waals surface area contributed by atoms with Crippen molar-refractivity contribution in [1.82, 2.24) is 20.4 Å². The van der Waals surface area contributed by atoms with E-state index in [2.05, 4.69) is 32.3 Å². The Balaban J connectivity index is 1.28. The molecule has 0 bridgehead atoms. The van der Waals surface area contributed by atoms with Crippen LogP contribution in [0.3, 0.4) is 0 Å². The fourth-order valence-corrected chi connectivity index (χ4v) is 4.71. The van der Waals surface area contributed by atoms with E-state index in [4.69, 9.17) is 4.52 Å². The molecule has 2 aromatic heterocycles. The molecule has 7 heteroatoms. The van der Waals surface area contributed by atoms with Crippen LogP contribution in [0.2, 0.25) is 0 Å². The molecule has 0 atom stereocenters. The number of benzene rings is 1. The summed E-state index contributed by atoms with van der Waals surface area (Å²) in [6.45, 7) is 3.62. The van der Waals surface area contributed by atoms with Crippen molar-refractivity contribution in [2.45, 2.75) is 51.5 Å². The number of pyridine rings is 1. The van der Waals surface area contributed by atoms with Gasteiger partial charge in [-0.2, -0.15) is 4.98 Å². The third-order valence-corrected chi connectivity index (χ3v) is 6.62. The molecule has 1 saturated heterocycles. The lowest BCUT2D eigenvalue weighted by Crippen LogP contribution is -2.43. The molecule has 1 amide bonds. The maximum absolute atomic E-state index is 12.7. The smallest absolute Gasteiger partial charge is 0.261 e. The molecular weight excluding hydrogens is 402 g/mol. The lowest BCUT2D eigenvalue weighted by Gasteiger charge is -2.33. The van der Waals surface area contributed by atoms with E-state index in [1.165, 1.54) is 18.4 Å². The van der Waals surface area contributed by atoms with Gasteiger partial charge in [0.1, 0.15) is 5.82 Å². The van der Waals surface area contributed by atoms with Crippen LogP contribution in [0, 0.1) is 12.8 Å². The van der Waals surface area contributed by atoms with Crippen molar-refractivity contribution >= 4 is 11.7 Å². The summed E-state index contributed by atoms with van der Waals surface area (Å²) in [6.07, 6.45) is 8.14. The summed E-state index contributed by atoms with van der Waals surface area (Å²) in [6, 6.07) is 12.3. The van der Waals surface area contributed by atoms with Crippen molar-refractivity contribution in [2.75, 3.05) is 18.0 Å². The molecule has 1 N–H and O–H groups in total. The summed E-state index contributed by atoms with van der Waals surface area (Å²) in [7, 11) is 0. The Kier molecular flexibility index (Phi) is 5.88. The summed E-state index contributed by atoms with van der Waals surface area (Å²) < 4.78 is 5.61. The summed E-state index contributed by atoms with van der Waals surface area (Å²) in [5, 5.41) is 7.43. The molecule has 5 rings (SSSR count). The molecule has 3 aromatic rings. The second-order valence-electron chi connectivity index (χ2n) is 8.92. The van der Waals surface area contributed by atoms with Gasteiger partial charge >= 0.3 is 0 Å². The van der Waals surface area contributed by atoms with Crippen LogP contribution in [0.25, 0.3) is 22.8 Å². The Labute approximate surface area is 188 Å². The number of hydrogen-bond acceptors (Lipinski definition) is 6. The van der Waals surface area contributed by atoms with E-state index in [0.29, 0.717) is 17.8 Å². The lowest BCUT2D eigenvalue weighted by atomic mass is 9.95. The van der Waals surface area contributed by atoms with E-state index in [1.54, 1.807) is 6.20 Å². The number of amides is 1. The average Bonchev–Trinajstić information content (AvgIpc) is 3.52. The fourth-order valence-electron chi connectivity index (χ4n) is 4.71. The Hall–Kier alpha value is -3.22. The summed E-state index contributed by atoms with van der Waals surface area (Å²) in [5.41, 5.74) is 2.93. The maximum Gasteiger partial charge on any atom is 0.261 e. The second-order valence-corrected chi connectivity index (χ2v) is 8.92. The normalized spacial score (nSPS) is 17.6. The third kappa shape index (κ3) is 4.38. The largest absolute Gasteiger partial charge is 0.356 e. The molecule has 1 saturated carbocycles. The predicted molar refractivity (Wildman–Crippen MR) is 123 cm³/mol. The molecule has 2 fully saturated rings. The van der Waals surface area contributed by atoms with Crippen molar-refractivity contribution in [3.05, 3.63) is 48.2 Å². The topological polar surface area (TPSA) is 84.2 Å². The number of anilines is 1. The van der Waals surface area contributed by atoms with Crippen LogP contribution in [0.15, 0.2) is 47.1 Å². The molecule has 32 heavy (non-hydrogen) atoms. The van der Waals surface area contributed by atoms with Crippen molar-refractivity contribution in [3.63, 3.8) is 0 Å². The van der Waals surface area contributed by atoms with Crippen LogP contribution >= 0.6 is 0 Å². The molecule has 1 aliphatic heterocycles. The predicted octanol–water partition coefficient (Wildman–Crippen LogP) is 4.38. The molecule has 0 radical (unpaired) electrons. The molecule has 1 aliphatic carbocycles. The Morgan fingerprint density at radius 3 is 2.56 bits per heavy atom. The van der Waals surface area contributed by atoms with Gasteiger partial charge in [-0.25, -0.2) is 4.98 Å². The molecule has 1 aromatic carbocycles. The van der Waals surface area contributed by atoms with Crippen molar-refractivity contribution in [2.24, 2.45) is 5.92 Å². The number of rotatable bonds is 5. The van der Waals surface area contributed by atoms with Gasteiger partial charge in [-0.1, -0.05) is 47.8 Å². The SMILES string of the molecule is Cc1ccc(-c2noc(-c3cccnc3N3CCC(C(=O)NC4CCCC4)CC3)n2)cc1. The van der Waals surface area contributed by atoms with Crippen LogP contribution in [0.4, 0.5) is 5.82 Å². The quantitative estimate of drug-likeness (QED) is 0.645. The summed E-state index contributed by atoms with van der Waals surface area (Å²) >= 11 is 0. The van der Waals surface area contributed by atoms with Gasteiger partial charge in [0.05, 0.1) is 5.56 Å². The monoisotopic (exact) mass is 431 g/mol. The van der Waals surface area contributed by atoms with Gasteiger partial charge in [0.25, 0.3) is 5.89 Å². The van der Waals surface area contributed by atoms with Gasteiger partial charge in [0, 0.05) is 36.8 Å². The highest BCUT2D eigenvalue weighted by molar-refractivity contribution is 5.79. The van der Waals surface area contributed by atoms with Crippen LogP contribution in [-0.2, 0) is 4.79 Å². The van der Waals surface area contributed by atoms with Crippen LogP contribution in [0.1, 0.15) is 44.1 Å². The van der Waals surface area contributed by atoms with Crippen LogP contribution in [-0.4, -0.2) is 40.2 Å². The third-order valence-electron chi connectivity index (χ3n) is 6.62. The first-order chi connectivity index (χ1) is 15.7. The number of nitrogens with one attached hydrogen (secondary N) is 1. The Morgan fingerprint density at radius 2 is 1.81 bits per heavy atom. The summed E-state index contributed by atoms with van der Waals surface area (Å²) in [4.78, 5) is 24.1. The molecule has 0 unspecified atom stereocenters. The number of aromatic nitrogens is 3. The van der Waals surface area contributed by atoms with E-state index in [-0.39, 0.29) is 11.8 Å². The number of piperidine rings is 1. The van der Waals surface area contributed by atoms with E-state index < -0.39 is 0 Å². The number of nitrogens with zero attached hydrogens (tertiary/aromatic N) is 4. The minimum Gasteiger partial charge on any atom is -0.356 e. The highest BCUT2D eigenvalue weighted by Crippen LogP contribution is 2.32. The minimum atomic E-state index is 0.0792. The lowest BCUT2D eigenvalue weighted by molar-refractivity contribution is -0.126. The number of hydrogen-bond donors (Lipinski definition) is 1. The minimum absolute atomic E-state index is 0.0792. The van der Waals surface area contributed by atoms with Gasteiger partial charge in [-0.15, -0.1) is 0 Å². The van der Waals surface area contributed by atoms with Crippen molar-refractivity contribution in [3.8, 4) is 22.8 Å². The molecule has 0 spiro atoms. The van der Waals surface area contributed by atoms with Crippen molar-refractivity contribution < 1.29 is 9.32 Å². The average molecular weight is 432 g/mol. The number of carbonyl (C=O) groups excluding carboxylic acids is 1. The highest BCUT2D eigenvalue weighted by Gasteiger charge is 2.29. The van der Waals surface area contributed by atoms with Gasteiger partial charge in [0.2, 0.25) is 11.7 Å². The van der Waals surface area contributed by atoms with Gasteiger partial charge in [0.15, 0.2) is 0 Å². The zero-order valence-electron chi connectivity index (χ0n) is 18.5. The Morgan fingerprint density at radius 1 is 1.06 bits per heavy atom. The first-order valence-corrected chi connectivity index (χ1v) is 11.6. The zero-order chi connectivity index (χ0) is 21.9. The van der Waals surface area contributed by atoms with Crippen LogP contribution < -0.4 is 10.2 Å². The van der Waals surface area contributed by atoms with E-state index >= 15 is 0 Å². The molecule has 7 nitrogen and oxygen atoms in total. The van der Waals surface area contributed by atoms with Gasteiger partial charge in [-0.3, -0.25) is 4.79 Å². The number of carbonyl (C=O) groups is 1. The Bertz CT molecular complexity index is 1060. The maximum atomic E-state index is 12.7. The van der Waals surface area contributed by atoms with Crippen LogP contribution in [0.5, 0.6) is 0 Å². The van der Waals surface area contributed by atoms with E-state index in [1.807, 2.05) is 36.4 Å². The molecule has 2 aliphatic rings. The summed E-state index contributed by atoms with van der Waals surface area (Å²) in [5.74, 6) is 2.16. The van der Waals surface area contributed by atoms with E-state index in [0.717, 1.165) is 55.7 Å². The molecule has 166 valence electrons. The zero-order valence-corrected chi connectivity index (χ0v) is 18.5. The standard InChI is InChI=1S/C25H29N5O2/c1-17-8-10-18(11-9-17)22-28-25(32-29-22)21-7-4-14-26-23(21)30-15-12-19(13-16-30)24(31)27-20-5-2-3-6-20/h4,7-11,14,19-20H,2-3,5-6,12-13,15-16H2,1H3,(H,27,31). The van der Waals surface area contributed by atoms with Gasteiger partial charge in [-0.05, 0) is 44.7 Å². The molecule has 3 heterocycles. The fraction of sp³-hybridized carbons (Fsp3) is 0.440. The first-order valence-electron chi connectivity index (χ1n) is 11.6. The second kappa shape index (κ2) is 9.10.